The van der Waals surface area contributed by atoms with Crippen molar-refractivity contribution in [2.45, 2.75) is 57.6 Å². The van der Waals surface area contributed by atoms with Crippen LogP contribution in [0.1, 0.15) is 56.9 Å². The number of carbonyl (C=O) groups is 5. The largest absolute Gasteiger partial charge is 0.539 e. The fourth-order valence-electron chi connectivity index (χ4n) is 4.69. The molecule has 2 unspecified atom stereocenters. The van der Waals surface area contributed by atoms with Crippen molar-refractivity contribution in [2.24, 2.45) is 5.92 Å². The summed E-state index contributed by atoms with van der Waals surface area (Å²) in [5, 5.41) is 43.4. The third kappa shape index (κ3) is 12.3. The number of aliphatic hydroxyl groups is 1. The molecule has 38 heavy (non-hydrogen) atoms. The summed E-state index contributed by atoms with van der Waals surface area (Å²) >= 11 is 0. The maximum Gasteiger partial charge on any atom is 0.351 e. The summed E-state index contributed by atoms with van der Waals surface area (Å²) in [4.78, 5) is 51.3. The Hall–Kier alpha value is -3.35. The van der Waals surface area contributed by atoms with Gasteiger partial charge < -0.3 is 44.9 Å². The molecule has 0 radical (unpaired) electrons. The molecule has 0 aromatic heterocycles. The van der Waals surface area contributed by atoms with Crippen molar-refractivity contribution in [3.8, 4) is 0 Å². The van der Waals surface area contributed by atoms with E-state index in [-0.39, 0.29) is 12.1 Å². The second kappa shape index (κ2) is 17.2. The topological polar surface area (TPSA) is 201 Å². The van der Waals surface area contributed by atoms with Crippen molar-refractivity contribution in [2.75, 3.05) is 32.7 Å². The quantitative estimate of drug-likeness (QED) is 0.214. The summed E-state index contributed by atoms with van der Waals surface area (Å²) < 4.78 is 0. The van der Waals surface area contributed by atoms with Gasteiger partial charge in [-0.15, -0.1) is 0 Å². The van der Waals surface area contributed by atoms with Gasteiger partial charge in [-0.25, -0.2) is 9.59 Å². The zero-order valence-electron chi connectivity index (χ0n) is 21.6. The molecule has 1 saturated carbocycles. The van der Waals surface area contributed by atoms with Crippen molar-refractivity contribution < 1.29 is 59.3 Å². The van der Waals surface area contributed by atoms with Crippen LogP contribution in [0.15, 0.2) is 30.3 Å². The van der Waals surface area contributed by atoms with E-state index in [0.717, 1.165) is 52.0 Å². The first kappa shape index (κ1) is 32.7. The van der Waals surface area contributed by atoms with Gasteiger partial charge in [0.25, 0.3) is 0 Å². The maximum absolute atomic E-state index is 12.4. The van der Waals surface area contributed by atoms with Crippen LogP contribution in [-0.2, 0) is 24.0 Å². The second-order valence-corrected chi connectivity index (χ2v) is 9.54. The van der Waals surface area contributed by atoms with E-state index in [2.05, 4.69) is 19.1 Å². The first-order valence-corrected chi connectivity index (χ1v) is 12.8. The Morgan fingerprint density at radius 2 is 1.34 bits per heavy atom. The average molecular weight is 539 g/mol. The third-order valence-corrected chi connectivity index (χ3v) is 6.95. The van der Waals surface area contributed by atoms with E-state index in [1.807, 2.05) is 18.2 Å². The van der Waals surface area contributed by atoms with E-state index in [1.54, 1.807) is 0 Å². The van der Waals surface area contributed by atoms with Crippen LogP contribution in [0.25, 0.3) is 0 Å². The summed E-state index contributed by atoms with van der Waals surface area (Å²) in [6, 6.07) is 10.3. The van der Waals surface area contributed by atoms with Crippen molar-refractivity contribution in [3.05, 3.63) is 35.9 Å². The van der Waals surface area contributed by atoms with Gasteiger partial charge in [0, 0.05) is 5.92 Å². The zero-order valence-corrected chi connectivity index (χ0v) is 21.6. The molecule has 1 aliphatic carbocycles. The van der Waals surface area contributed by atoms with Gasteiger partial charge in [-0.3, -0.25) is 4.79 Å². The smallest absolute Gasteiger partial charge is 0.351 e. The highest BCUT2D eigenvalue weighted by molar-refractivity contribution is 6.26. The molecule has 0 spiro atoms. The molecule has 3 rings (SSSR count). The molecule has 1 saturated heterocycles. The molecule has 2 atom stereocenters. The van der Waals surface area contributed by atoms with E-state index in [9.17, 15) is 9.90 Å². The summed E-state index contributed by atoms with van der Waals surface area (Å²) in [6.45, 7) is 7.20. The lowest BCUT2D eigenvalue weighted by Crippen LogP contribution is -3.30. The Morgan fingerprint density at radius 3 is 1.79 bits per heavy atom. The lowest BCUT2D eigenvalue weighted by molar-refractivity contribution is -1.03. The minimum atomic E-state index is -2.07. The second-order valence-electron chi connectivity index (χ2n) is 9.54. The van der Waals surface area contributed by atoms with Gasteiger partial charge in [0.15, 0.2) is 18.2 Å². The predicted octanol–water partition coefficient (Wildman–Crippen LogP) is -3.93. The highest BCUT2D eigenvalue weighted by atomic mass is 16.4. The molecule has 2 aliphatic rings. The number of ketones is 1. The lowest BCUT2D eigenvalue weighted by atomic mass is 9.85. The van der Waals surface area contributed by atoms with Crippen LogP contribution < -0.4 is 20.0 Å². The van der Waals surface area contributed by atoms with E-state index >= 15 is 0 Å². The fourth-order valence-corrected chi connectivity index (χ4v) is 4.69. The summed E-state index contributed by atoms with van der Waals surface area (Å²) in [7, 11) is 0. The normalized spacial score (nSPS) is 20.8. The number of aliphatic hydroxyl groups excluding tert-OH is 1. The molecule has 1 heterocycles. The highest BCUT2D eigenvalue weighted by Crippen LogP contribution is 2.24. The van der Waals surface area contributed by atoms with Gasteiger partial charge in [0.05, 0.1) is 18.9 Å². The number of carboxylic acids is 4. The Balaban J connectivity index is 0.000000503. The number of quaternary nitrogens is 2. The van der Waals surface area contributed by atoms with Crippen LogP contribution in [0, 0.1) is 5.92 Å². The first-order valence-electron chi connectivity index (χ1n) is 12.8. The number of Topliss-reactive ketones (excluding diaryl/α,β-unsaturated/α-hetero) is 1. The molecule has 12 heteroatoms. The Bertz CT molecular complexity index is 862. The lowest BCUT2D eigenvalue weighted by Gasteiger charge is -2.34. The van der Waals surface area contributed by atoms with Crippen molar-refractivity contribution in [1.29, 1.82) is 0 Å². The summed E-state index contributed by atoms with van der Waals surface area (Å²) in [5.74, 6) is -7.01. The van der Waals surface area contributed by atoms with Crippen LogP contribution in [0.4, 0.5) is 0 Å². The van der Waals surface area contributed by atoms with Gasteiger partial charge in [-0.1, -0.05) is 56.5 Å². The molecule has 2 fully saturated rings. The van der Waals surface area contributed by atoms with Gasteiger partial charge in [-0.05, 0) is 18.4 Å². The van der Waals surface area contributed by atoms with E-state index in [1.165, 1.54) is 34.6 Å². The fraction of sp³-hybridized carbons (Fsp3) is 0.577. The minimum absolute atomic E-state index is 0.153. The van der Waals surface area contributed by atoms with E-state index < -0.39 is 23.9 Å². The molecule has 1 aromatic rings. The SMILES string of the molecule is CC(c1ccccc1)C(O)[NH+]1CC[NH+](CCC(=O)C2CCCCC2)CC1.O=C([O-])C(=O)O.O=C([O-])C(=O)O. The number of carboxylic acid groups (broad SMARTS) is 4. The number of aliphatic carboxylic acids is 4. The minimum Gasteiger partial charge on any atom is -0.539 e. The van der Waals surface area contributed by atoms with Crippen LogP contribution in [0.3, 0.4) is 0 Å². The number of carbonyl (C=O) groups excluding carboxylic acids is 3. The number of piperazine rings is 1. The van der Waals surface area contributed by atoms with Gasteiger partial charge in [0.2, 0.25) is 0 Å². The summed E-state index contributed by atoms with van der Waals surface area (Å²) in [5.41, 5.74) is 1.21. The van der Waals surface area contributed by atoms with Crippen LogP contribution >= 0.6 is 0 Å². The van der Waals surface area contributed by atoms with Crippen molar-refractivity contribution in [1.82, 2.24) is 0 Å². The zero-order chi connectivity index (χ0) is 28.7. The molecular weight excluding hydrogens is 500 g/mol. The van der Waals surface area contributed by atoms with Crippen LogP contribution in [0.2, 0.25) is 0 Å². The highest BCUT2D eigenvalue weighted by Gasteiger charge is 2.32. The number of rotatable bonds is 7. The van der Waals surface area contributed by atoms with Crippen molar-refractivity contribution in [3.63, 3.8) is 0 Å². The number of benzene rings is 1. The van der Waals surface area contributed by atoms with Gasteiger partial charge >= 0.3 is 11.9 Å². The number of hydrogen-bond acceptors (Lipinski definition) is 8. The molecule has 212 valence electrons. The molecule has 12 nitrogen and oxygen atoms in total. The Morgan fingerprint density at radius 1 is 0.868 bits per heavy atom. The van der Waals surface area contributed by atoms with Crippen LogP contribution in [-0.4, -0.2) is 83.9 Å². The Kier molecular flexibility index (Phi) is 14.8. The standard InChI is InChI=1S/C22H34N2O2.2C2H2O4/c1-18(19-8-4-2-5-9-19)22(26)24-16-14-23(15-17-24)13-12-21(25)20-10-6-3-7-11-20;2*3-1(4)2(5)6/h2,4-5,8-9,18,20,22,26H,3,6-7,10-17H2,1H3;2*(H,3,4)(H,5,6). The molecule has 0 amide bonds. The van der Waals surface area contributed by atoms with E-state index in [0.29, 0.717) is 11.7 Å². The molecule has 1 aromatic carbocycles. The Labute approximate surface area is 221 Å². The van der Waals surface area contributed by atoms with Crippen molar-refractivity contribution >= 4 is 29.7 Å². The van der Waals surface area contributed by atoms with Crippen LogP contribution in [0.5, 0.6) is 0 Å². The molecule has 1 aliphatic heterocycles. The first-order chi connectivity index (χ1) is 17.9. The number of hydrogen-bond donors (Lipinski definition) is 5. The molecule has 5 N–H and O–H groups in total. The predicted molar refractivity (Wildman–Crippen MR) is 129 cm³/mol. The number of nitrogens with one attached hydrogen (secondary N) is 2. The van der Waals surface area contributed by atoms with E-state index in [4.69, 9.17) is 39.6 Å². The third-order valence-electron chi connectivity index (χ3n) is 6.95. The summed E-state index contributed by atoms with van der Waals surface area (Å²) in [6.07, 6.45) is 6.43. The average Bonchev–Trinajstić information content (AvgIpc) is 2.92. The maximum atomic E-state index is 12.4. The van der Waals surface area contributed by atoms with Gasteiger partial charge in [-0.2, -0.15) is 0 Å². The van der Waals surface area contributed by atoms with Gasteiger partial charge in [0.1, 0.15) is 32.0 Å². The molecule has 0 bridgehead atoms. The monoisotopic (exact) mass is 538 g/mol. The molecular formula is C26H38N2O10.